The Balaban J connectivity index is 1.26. The fourth-order valence-corrected chi connectivity index (χ4v) is 4.92. The van der Waals surface area contributed by atoms with Gasteiger partial charge in [-0.25, -0.2) is 0 Å². The van der Waals surface area contributed by atoms with Crippen molar-refractivity contribution in [1.29, 1.82) is 0 Å². The predicted molar refractivity (Wildman–Crippen MR) is 103 cm³/mol. The zero-order valence-corrected chi connectivity index (χ0v) is 16.1. The first-order valence-corrected chi connectivity index (χ1v) is 10.3. The molecule has 1 unspecified atom stereocenters. The van der Waals surface area contributed by atoms with Gasteiger partial charge >= 0.3 is 0 Å². The molecule has 2 aromatic heterocycles. The average molecular weight is 368 g/mol. The van der Waals surface area contributed by atoms with E-state index in [9.17, 15) is 4.79 Å². The van der Waals surface area contributed by atoms with Gasteiger partial charge in [0, 0.05) is 45.8 Å². The maximum atomic E-state index is 12.0. The molecule has 0 bridgehead atoms. The fraction of sp³-hybridized carbons (Fsp3) is 0.650. The van der Waals surface area contributed by atoms with Gasteiger partial charge < -0.3 is 4.90 Å². The Labute approximate surface area is 159 Å². The number of fused-ring (bicyclic) bond motifs is 1. The zero-order valence-electron chi connectivity index (χ0n) is 16.1. The van der Waals surface area contributed by atoms with E-state index in [1.54, 1.807) is 0 Å². The van der Waals surface area contributed by atoms with Crippen LogP contribution in [0.1, 0.15) is 55.1 Å². The van der Waals surface area contributed by atoms with E-state index in [0.717, 1.165) is 51.1 Å². The molecule has 0 saturated carbocycles. The number of anilines is 1. The van der Waals surface area contributed by atoms with Crippen LogP contribution >= 0.6 is 0 Å². The van der Waals surface area contributed by atoms with E-state index in [4.69, 9.17) is 5.10 Å². The van der Waals surface area contributed by atoms with Gasteiger partial charge in [0.15, 0.2) is 0 Å². The Morgan fingerprint density at radius 3 is 2.89 bits per heavy atom. The largest absolute Gasteiger partial charge is 0.309 e. The van der Waals surface area contributed by atoms with Gasteiger partial charge in [0.05, 0.1) is 29.3 Å². The van der Waals surface area contributed by atoms with Gasteiger partial charge in [-0.3, -0.25) is 19.1 Å². The molecule has 5 rings (SSSR count). The molecule has 2 saturated heterocycles. The van der Waals surface area contributed by atoms with Crippen molar-refractivity contribution in [1.82, 2.24) is 24.5 Å². The predicted octanol–water partition coefficient (Wildman–Crippen LogP) is 2.07. The Bertz CT molecular complexity index is 853. The molecular formula is C20H28N6O. The third kappa shape index (κ3) is 3.08. The van der Waals surface area contributed by atoms with Gasteiger partial charge in [-0.1, -0.05) is 0 Å². The summed E-state index contributed by atoms with van der Waals surface area (Å²) in [7, 11) is 2.09. The minimum absolute atomic E-state index is 0.226. The van der Waals surface area contributed by atoms with E-state index in [0.29, 0.717) is 12.5 Å². The van der Waals surface area contributed by atoms with Crippen molar-refractivity contribution in [2.24, 2.45) is 7.05 Å². The van der Waals surface area contributed by atoms with Gasteiger partial charge in [0.25, 0.3) is 0 Å². The van der Waals surface area contributed by atoms with Crippen LogP contribution in [0, 0.1) is 0 Å². The molecule has 2 aromatic rings. The van der Waals surface area contributed by atoms with Gasteiger partial charge in [-0.2, -0.15) is 10.2 Å². The Hall–Kier alpha value is -2.15. The molecular weight excluding hydrogens is 340 g/mol. The number of rotatable bonds is 4. The molecule has 144 valence electrons. The zero-order chi connectivity index (χ0) is 18.4. The summed E-state index contributed by atoms with van der Waals surface area (Å²) in [5, 5.41) is 9.34. The van der Waals surface area contributed by atoms with E-state index >= 15 is 0 Å². The Kier molecular flexibility index (Phi) is 4.27. The molecule has 1 amide bonds. The van der Waals surface area contributed by atoms with Crippen molar-refractivity contribution in [3.05, 3.63) is 29.3 Å². The molecule has 27 heavy (non-hydrogen) atoms. The van der Waals surface area contributed by atoms with Crippen molar-refractivity contribution in [2.45, 2.75) is 57.5 Å². The highest BCUT2D eigenvalue weighted by Gasteiger charge is 2.29. The second kappa shape index (κ2) is 6.78. The molecule has 1 aliphatic carbocycles. The van der Waals surface area contributed by atoms with E-state index in [-0.39, 0.29) is 5.91 Å². The maximum Gasteiger partial charge on any atom is 0.227 e. The third-order valence-electron chi connectivity index (χ3n) is 6.42. The van der Waals surface area contributed by atoms with E-state index in [1.165, 1.54) is 36.2 Å². The van der Waals surface area contributed by atoms with Crippen molar-refractivity contribution in [3.63, 3.8) is 0 Å². The number of hydrogen-bond acceptors (Lipinski definition) is 4. The summed E-state index contributed by atoms with van der Waals surface area (Å²) in [6, 6.07) is 0.389. The fourth-order valence-electron chi connectivity index (χ4n) is 4.92. The second-order valence-electron chi connectivity index (χ2n) is 8.21. The highest BCUT2D eigenvalue weighted by molar-refractivity contribution is 5.95. The van der Waals surface area contributed by atoms with Crippen molar-refractivity contribution in [2.75, 3.05) is 24.5 Å². The van der Waals surface area contributed by atoms with Crippen LogP contribution in [0.15, 0.2) is 12.4 Å². The highest BCUT2D eigenvalue weighted by atomic mass is 16.2. The monoisotopic (exact) mass is 368 g/mol. The van der Waals surface area contributed by atoms with Crippen molar-refractivity contribution in [3.8, 4) is 0 Å². The van der Waals surface area contributed by atoms with Crippen molar-refractivity contribution >= 4 is 11.6 Å². The Morgan fingerprint density at radius 1 is 1.15 bits per heavy atom. The first-order chi connectivity index (χ1) is 13.2. The molecule has 1 atom stereocenters. The lowest BCUT2D eigenvalue weighted by Gasteiger charge is -2.18. The van der Waals surface area contributed by atoms with Crippen LogP contribution in [0.2, 0.25) is 0 Å². The number of hydrogen-bond donors (Lipinski definition) is 0. The van der Waals surface area contributed by atoms with Gasteiger partial charge in [0.2, 0.25) is 5.91 Å². The molecule has 0 radical (unpaired) electrons. The average Bonchev–Trinajstić information content (AvgIpc) is 3.43. The Morgan fingerprint density at radius 2 is 2.04 bits per heavy atom. The standard InChI is InChI=1S/C20H28N6O/c1-23-19(17-5-2-3-6-18(17)22-23)14-24-10-8-15(12-24)26-13-16(11-21-26)25-9-4-7-20(25)27/h11,13,15H,2-10,12,14H2,1H3. The summed E-state index contributed by atoms with van der Waals surface area (Å²) in [4.78, 5) is 16.4. The normalized spacial score (nSPS) is 23.4. The quantitative estimate of drug-likeness (QED) is 0.829. The lowest BCUT2D eigenvalue weighted by Crippen LogP contribution is -2.24. The van der Waals surface area contributed by atoms with Crippen LogP contribution in [-0.4, -0.2) is 50.0 Å². The van der Waals surface area contributed by atoms with Gasteiger partial charge in [-0.05, 0) is 44.1 Å². The molecule has 3 aliphatic rings. The van der Waals surface area contributed by atoms with Crippen molar-refractivity contribution < 1.29 is 4.79 Å². The lowest BCUT2D eigenvalue weighted by molar-refractivity contribution is -0.117. The van der Waals surface area contributed by atoms with Crippen LogP contribution in [0.25, 0.3) is 0 Å². The summed E-state index contributed by atoms with van der Waals surface area (Å²) in [5.41, 5.74) is 5.17. The van der Waals surface area contributed by atoms with Gasteiger partial charge in [-0.15, -0.1) is 0 Å². The molecule has 0 aromatic carbocycles. The summed E-state index contributed by atoms with van der Waals surface area (Å²) >= 11 is 0. The van der Waals surface area contributed by atoms with Crippen LogP contribution in [0.3, 0.4) is 0 Å². The van der Waals surface area contributed by atoms with Crippen LogP contribution in [0.4, 0.5) is 5.69 Å². The minimum atomic E-state index is 0.226. The molecule has 2 aliphatic heterocycles. The summed E-state index contributed by atoms with van der Waals surface area (Å²) < 4.78 is 4.17. The van der Waals surface area contributed by atoms with Gasteiger partial charge in [0.1, 0.15) is 0 Å². The smallest absolute Gasteiger partial charge is 0.227 e. The summed E-state index contributed by atoms with van der Waals surface area (Å²) in [6.45, 7) is 3.90. The molecule has 0 spiro atoms. The first kappa shape index (κ1) is 17.0. The third-order valence-corrected chi connectivity index (χ3v) is 6.42. The van der Waals surface area contributed by atoms with Crippen LogP contribution in [-0.2, 0) is 31.2 Å². The molecule has 0 N–H and O–H groups in total. The summed E-state index contributed by atoms with van der Waals surface area (Å²) in [5.74, 6) is 0.226. The number of aromatic nitrogens is 4. The second-order valence-corrected chi connectivity index (χ2v) is 8.21. The molecule has 2 fully saturated rings. The SMILES string of the molecule is Cn1nc2c(c1CN1CCC(n3cc(N4CCCC4=O)cn3)C1)CCCC2. The minimum Gasteiger partial charge on any atom is -0.309 e. The number of carbonyl (C=O) groups is 1. The lowest BCUT2D eigenvalue weighted by atomic mass is 9.96. The van der Waals surface area contributed by atoms with E-state index < -0.39 is 0 Å². The van der Waals surface area contributed by atoms with E-state index in [1.807, 2.05) is 11.1 Å². The molecule has 4 heterocycles. The highest BCUT2D eigenvalue weighted by Crippen LogP contribution is 2.29. The molecule has 7 heteroatoms. The number of likely N-dealkylation sites (tertiary alicyclic amines) is 1. The number of nitrogens with zero attached hydrogens (tertiary/aromatic N) is 6. The van der Waals surface area contributed by atoms with Crippen LogP contribution in [0.5, 0.6) is 0 Å². The van der Waals surface area contributed by atoms with E-state index in [2.05, 4.69) is 32.6 Å². The maximum absolute atomic E-state index is 12.0. The summed E-state index contributed by atoms with van der Waals surface area (Å²) in [6.07, 6.45) is 11.5. The number of carbonyl (C=O) groups excluding carboxylic acids is 1. The van der Waals surface area contributed by atoms with Crippen LogP contribution < -0.4 is 4.90 Å². The number of amides is 1. The topological polar surface area (TPSA) is 59.2 Å². The number of aryl methyl sites for hydroxylation is 2. The first-order valence-electron chi connectivity index (χ1n) is 10.3. The molecule has 7 nitrogen and oxygen atoms in total.